The summed E-state index contributed by atoms with van der Waals surface area (Å²) in [5, 5.41) is 0. The van der Waals surface area contributed by atoms with Gasteiger partial charge in [0.1, 0.15) is 5.56 Å². The lowest BCUT2D eigenvalue weighted by Gasteiger charge is -2.41. The van der Waals surface area contributed by atoms with Gasteiger partial charge in [-0.2, -0.15) is 0 Å². The summed E-state index contributed by atoms with van der Waals surface area (Å²) in [6.07, 6.45) is 5.94. The van der Waals surface area contributed by atoms with Gasteiger partial charge in [0.05, 0.1) is 0 Å². The molecular weight excluding hydrogens is 418 g/mol. The highest BCUT2D eigenvalue weighted by Gasteiger charge is 2.35. The first-order chi connectivity index (χ1) is 15.5. The maximum atomic E-state index is 13.4. The highest BCUT2D eigenvalue weighted by atomic mass is 32.1. The number of likely N-dealkylation sites (tertiary alicyclic amines) is 1. The molecular formula is C26H25N3O2S. The van der Waals surface area contributed by atoms with Crippen LogP contribution in [0.15, 0.2) is 77.9 Å². The van der Waals surface area contributed by atoms with Gasteiger partial charge in [-0.05, 0) is 24.0 Å². The molecule has 4 aromatic rings. The molecule has 0 bridgehead atoms. The molecule has 5 nitrogen and oxygen atoms in total. The summed E-state index contributed by atoms with van der Waals surface area (Å²) in [6, 6.07) is 20.5. The Hall–Kier alpha value is -3.25. The summed E-state index contributed by atoms with van der Waals surface area (Å²) >= 11 is 1.49. The fourth-order valence-electron chi connectivity index (χ4n) is 4.62. The number of fused-ring (bicyclic) bond motifs is 1. The molecule has 6 heteroatoms. The predicted molar refractivity (Wildman–Crippen MR) is 128 cm³/mol. The number of nitrogens with zero attached hydrogens (tertiary/aromatic N) is 3. The Morgan fingerprint density at radius 1 is 1.09 bits per heavy atom. The minimum absolute atomic E-state index is 0.117. The maximum Gasteiger partial charge on any atom is 0.271 e. The molecule has 3 heterocycles. The fourth-order valence-corrected chi connectivity index (χ4v) is 5.59. The van der Waals surface area contributed by atoms with Crippen LogP contribution in [0.2, 0.25) is 0 Å². The molecule has 1 unspecified atom stereocenters. The molecule has 5 rings (SSSR count). The number of benzene rings is 2. The number of hydrogen-bond donors (Lipinski definition) is 0. The van der Waals surface area contributed by atoms with Gasteiger partial charge < -0.3 is 4.90 Å². The Bertz CT molecular complexity index is 1310. The smallest absolute Gasteiger partial charge is 0.271 e. The minimum Gasteiger partial charge on any atom is -0.338 e. The zero-order valence-electron chi connectivity index (χ0n) is 18.0. The monoisotopic (exact) mass is 443 g/mol. The summed E-state index contributed by atoms with van der Waals surface area (Å²) in [6.45, 7) is 3.46. The number of hydrogen-bond acceptors (Lipinski definition) is 4. The van der Waals surface area contributed by atoms with Gasteiger partial charge in [-0.1, -0.05) is 67.6 Å². The van der Waals surface area contributed by atoms with Gasteiger partial charge >= 0.3 is 0 Å². The topological polar surface area (TPSA) is 54.7 Å². The van der Waals surface area contributed by atoms with Crippen molar-refractivity contribution in [3.63, 3.8) is 0 Å². The largest absolute Gasteiger partial charge is 0.338 e. The number of amides is 1. The lowest BCUT2D eigenvalue weighted by Crippen LogP contribution is -2.48. The van der Waals surface area contributed by atoms with Gasteiger partial charge in [-0.15, -0.1) is 11.3 Å². The average Bonchev–Trinajstić information content (AvgIpc) is 3.24. The van der Waals surface area contributed by atoms with E-state index in [0.29, 0.717) is 18.1 Å². The van der Waals surface area contributed by atoms with Crippen LogP contribution < -0.4 is 5.56 Å². The van der Waals surface area contributed by atoms with Crippen molar-refractivity contribution in [3.05, 3.63) is 105 Å². The summed E-state index contributed by atoms with van der Waals surface area (Å²) in [4.78, 5) is 34.5. The van der Waals surface area contributed by atoms with Gasteiger partial charge in [-0.3, -0.25) is 14.0 Å². The van der Waals surface area contributed by atoms with Crippen molar-refractivity contribution in [1.82, 2.24) is 14.3 Å². The molecule has 1 aliphatic rings. The number of carbonyl (C=O) groups excluding carboxylic acids is 1. The molecule has 162 valence electrons. The third-order valence-corrected chi connectivity index (χ3v) is 7.36. The van der Waals surface area contributed by atoms with Crippen LogP contribution in [-0.2, 0) is 11.8 Å². The van der Waals surface area contributed by atoms with Gasteiger partial charge in [0.2, 0.25) is 0 Å². The molecule has 0 spiro atoms. The molecule has 2 aromatic heterocycles. The second-order valence-corrected chi connectivity index (χ2v) is 9.84. The van der Waals surface area contributed by atoms with Crippen LogP contribution >= 0.6 is 11.3 Å². The van der Waals surface area contributed by atoms with E-state index in [-0.39, 0.29) is 22.4 Å². The van der Waals surface area contributed by atoms with E-state index < -0.39 is 0 Å². The summed E-state index contributed by atoms with van der Waals surface area (Å²) < 4.78 is 1.52. The molecule has 32 heavy (non-hydrogen) atoms. The number of carbonyl (C=O) groups is 1. The van der Waals surface area contributed by atoms with Crippen LogP contribution in [0, 0.1) is 0 Å². The van der Waals surface area contributed by atoms with Crippen LogP contribution in [0.1, 0.15) is 46.1 Å². The van der Waals surface area contributed by atoms with Crippen LogP contribution in [0.3, 0.4) is 0 Å². The van der Waals surface area contributed by atoms with E-state index >= 15 is 0 Å². The fraction of sp³-hybridized carbons (Fsp3) is 0.269. The average molecular weight is 444 g/mol. The molecule has 0 saturated carbocycles. The highest BCUT2D eigenvalue weighted by Crippen LogP contribution is 2.34. The standard InChI is InChI=1S/C26H25N3O2S/c1-26(20-11-6-3-7-12-20)13-8-14-28(18-26)23(30)22-16-27-25-29(24(22)31)17-21(32-25)15-19-9-4-2-5-10-19/h2-7,9-12,16-17H,8,13-15,18H2,1H3. The van der Waals surface area contributed by atoms with E-state index in [4.69, 9.17) is 0 Å². The van der Waals surface area contributed by atoms with Crippen molar-refractivity contribution in [2.45, 2.75) is 31.6 Å². The number of piperidine rings is 1. The molecule has 1 atom stereocenters. The summed E-state index contributed by atoms with van der Waals surface area (Å²) in [7, 11) is 0. The Labute approximate surface area is 191 Å². The molecule has 1 aliphatic heterocycles. The van der Waals surface area contributed by atoms with Crippen molar-refractivity contribution < 1.29 is 4.79 Å². The second-order valence-electron chi connectivity index (χ2n) is 8.75. The van der Waals surface area contributed by atoms with Crippen LogP contribution in [0.4, 0.5) is 0 Å². The van der Waals surface area contributed by atoms with Gasteiger partial charge in [0, 0.05) is 42.2 Å². The van der Waals surface area contributed by atoms with E-state index in [9.17, 15) is 9.59 Å². The van der Waals surface area contributed by atoms with Crippen LogP contribution in [0.5, 0.6) is 0 Å². The highest BCUT2D eigenvalue weighted by molar-refractivity contribution is 7.17. The lowest BCUT2D eigenvalue weighted by atomic mass is 9.76. The quantitative estimate of drug-likeness (QED) is 0.465. The molecule has 0 N–H and O–H groups in total. The van der Waals surface area contributed by atoms with Gasteiger partial charge in [-0.25, -0.2) is 4.98 Å². The third-order valence-electron chi connectivity index (χ3n) is 6.36. The Morgan fingerprint density at radius 2 is 1.81 bits per heavy atom. The van der Waals surface area contributed by atoms with Crippen LogP contribution in [-0.4, -0.2) is 33.3 Å². The van der Waals surface area contributed by atoms with Crippen molar-refractivity contribution in [1.29, 1.82) is 0 Å². The van der Waals surface area contributed by atoms with E-state index in [1.54, 1.807) is 0 Å². The molecule has 1 saturated heterocycles. The Morgan fingerprint density at radius 3 is 2.56 bits per heavy atom. The van der Waals surface area contributed by atoms with Crippen molar-refractivity contribution >= 4 is 22.2 Å². The van der Waals surface area contributed by atoms with Gasteiger partial charge in [0.25, 0.3) is 11.5 Å². The zero-order valence-corrected chi connectivity index (χ0v) is 18.8. The normalized spacial score (nSPS) is 18.7. The Kier molecular flexibility index (Phi) is 5.39. The first-order valence-electron chi connectivity index (χ1n) is 10.9. The van der Waals surface area contributed by atoms with Gasteiger partial charge in [0.15, 0.2) is 4.96 Å². The van der Waals surface area contributed by atoms with E-state index in [2.05, 4.69) is 36.2 Å². The second kappa shape index (κ2) is 8.36. The van der Waals surface area contributed by atoms with Crippen molar-refractivity contribution in [2.75, 3.05) is 13.1 Å². The van der Waals surface area contributed by atoms with E-state index in [1.807, 2.05) is 47.5 Å². The summed E-state index contributed by atoms with van der Waals surface area (Å²) in [5.41, 5.74) is 2.14. The predicted octanol–water partition coefficient (Wildman–Crippen LogP) is 4.54. The third kappa shape index (κ3) is 3.86. The number of thiazole rings is 1. The lowest BCUT2D eigenvalue weighted by molar-refractivity contribution is 0.0648. The van der Waals surface area contributed by atoms with Crippen LogP contribution in [0.25, 0.3) is 4.96 Å². The van der Waals surface area contributed by atoms with Crippen molar-refractivity contribution in [3.8, 4) is 0 Å². The molecule has 0 radical (unpaired) electrons. The van der Waals surface area contributed by atoms with E-state index in [0.717, 1.165) is 24.1 Å². The molecule has 1 amide bonds. The Balaban J connectivity index is 1.42. The first kappa shape index (κ1) is 20.6. The first-order valence-corrected chi connectivity index (χ1v) is 11.7. The number of aromatic nitrogens is 2. The molecule has 1 fully saturated rings. The molecule has 2 aromatic carbocycles. The maximum absolute atomic E-state index is 13.4. The minimum atomic E-state index is -0.289. The SMILES string of the molecule is CC1(c2ccccc2)CCCN(C(=O)c2cnc3sc(Cc4ccccc4)cn3c2=O)C1. The van der Waals surface area contributed by atoms with E-state index in [1.165, 1.54) is 33.1 Å². The molecule has 0 aliphatic carbocycles. The van der Waals surface area contributed by atoms with Crippen molar-refractivity contribution in [2.24, 2.45) is 0 Å². The summed E-state index contributed by atoms with van der Waals surface area (Å²) in [5.74, 6) is -0.227. The zero-order chi connectivity index (χ0) is 22.1. The number of rotatable bonds is 4.